The third kappa shape index (κ3) is 3.60. The normalized spacial score (nSPS) is 24.4. The Kier molecular flexibility index (Phi) is 5.06. The van der Waals surface area contributed by atoms with Crippen LogP contribution >= 0.6 is 0 Å². The standard InChI is InChI=1S/C17H25NO4S/c1-13(2)14-5-7-16(8-6-14)23(19,20)18-9-3-4-15(12-18)17-21-10-11-22-17/h5-8,13,15,17H,3-4,9-12H2,1-2H3/t15-/m1/s1. The van der Waals surface area contributed by atoms with E-state index in [-0.39, 0.29) is 12.2 Å². The van der Waals surface area contributed by atoms with Crippen LogP contribution in [0.25, 0.3) is 0 Å². The van der Waals surface area contributed by atoms with E-state index in [0.29, 0.717) is 37.1 Å². The van der Waals surface area contributed by atoms with Gasteiger partial charge in [0.25, 0.3) is 0 Å². The molecule has 1 atom stereocenters. The van der Waals surface area contributed by atoms with Gasteiger partial charge < -0.3 is 9.47 Å². The monoisotopic (exact) mass is 339 g/mol. The van der Waals surface area contributed by atoms with E-state index in [1.165, 1.54) is 0 Å². The van der Waals surface area contributed by atoms with E-state index in [9.17, 15) is 8.42 Å². The van der Waals surface area contributed by atoms with Crippen LogP contribution in [0.5, 0.6) is 0 Å². The van der Waals surface area contributed by atoms with Crippen LogP contribution in [0, 0.1) is 5.92 Å². The summed E-state index contributed by atoms with van der Waals surface area (Å²) in [6.45, 7) is 6.44. The van der Waals surface area contributed by atoms with E-state index in [1.807, 2.05) is 12.1 Å². The number of hydrogen-bond acceptors (Lipinski definition) is 4. The summed E-state index contributed by atoms with van der Waals surface area (Å²) in [5, 5.41) is 0. The zero-order valence-corrected chi connectivity index (χ0v) is 14.6. The first-order chi connectivity index (χ1) is 11.0. The van der Waals surface area contributed by atoms with Crippen molar-refractivity contribution in [2.24, 2.45) is 5.92 Å². The van der Waals surface area contributed by atoms with E-state index in [2.05, 4.69) is 13.8 Å². The molecule has 0 saturated carbocycles. The van der Waals surface area contributed by atoms with Gasteiger partial charge in [0.1, 0.15) is 0 Å². The van der Waals surface area contributed by atoms with Crippen LogP contribution in [-0.2, 0) is 19.5 Å². The van der Waals surface area contributed by atoms with Crippen LogP contribution in [0.2, 0.25) is 0 Å². The van der Waals surface area contributed by atoms with Crippen molar-refractivity contribution in [3.63, 3.8) is 0 Å². The maximum absolute atomic E-state index is 12.9. The molecule has 0 radical (unpaired) electrons. The Labute approximate surface area is 138 Å². The number of nitrogens with zero attached hydrogens (tertiary/aromatic N) is 1. The molecule has 23 heavy (non-hydrogen) atoms. The number of hydrogen-bond donors (Lipinski definition) is 0. The molecule has 0 spiro atoms. The van der Waals surface area contributed by atoms with Crippen LogP contribution in [-0.4, -0.2) is 45.3 Å². The Balaban J connectivity index is 1.75. The van der Waals surface area contributed by atoms with Crippen molar-refractivity contribution in [3.8, 4) is 0 Å². The van der Waals surface area contributed by atoms with Crippen molar-refractivity contribution in [1.82, 2.24) is 4.31 Å². The van der Waals surface area contributed by atoms with Gasteiger partial charge in [-0.1, -0.05) is 26.0 Å². The van der Waals surface area contributed by atoms with Crippen molar-refractivity contribution < 1.29 is 17.9 Å². The van der Waals surface area contributed by atoms with Crippen molar-refractivity contribution in [2.45, 2.75) is 43.8 Å². The Bertz CT molecular complexity index is 620. The number of rotatable bonds is 4. The van der Waals surface area contributed by atoms with E-state index in [0.717, 1.165) is 18.4 Å². The summed E-state index contributed by atoms with van der Waals surface area (Å²) >= 11 is 0. The third-order valence-electron chi connectivity index (χ3n) is 4.64. The first kappa shape index (κ1) is 16.9. The number of sulfonamides is 1. The van der Waals surface area contributed by atoms with Gasteiger partial charge in [0.05, 0.1) is 18.1 Å². The number of benzene rings is 1. The smallest absolute Gasteiger partial charge is 0.243 e. The molecule has 2 heterocycles. The maximum atomic E-state index is 12.9. The average Bonchev–Trinajstić information content (AvgIpc) is 3.09. The molecule has 0 amide bonds. The average molecular weight is 339 g/mol. The summed E-state index contributed by atoms with van der Waals surface area (Å²) in [5.41, 5.74) is 1.15. The fourth-order valence-electron chi connectivity index (χ4n) is 3.24. The molecule has 6 heteroatoms. The van der Waals surface area contributed by atoms with Crippen LogP contribution in [0.4, 0.5) is 0 Å². The lowest BCUT2D eigenvalue weighted by atomic mass is 9.99. The van der Waals surface area contributed by atoms with Crippen molar-refractivity contribution in [2.75, 3.05) is 26.3 Å². The van der Waals surface area contributed by atoms with Gasteiger partial charge >= 0.3 is 0 Å². The van der Waals surface area contributed by atoms with E-state index < -0.39 is 10.0 Å². The zero-order valence-electron chi connectivity index (χ0n) is 13.8. The summed E-state index contributed by atoms with van der Waals surface area (Å²) in [6.07, 6.45) is 1.54. The first-order valence-electron chi connectivity index (χ1n) is 8.32. The van der Waals surface area contributed by atoms with Crippen LogP contribution in [0.15, 0.2) is 29.2 Å². The Morgan fingerprint density at radius 3 is 2.39 bits per heavy atom. The minimum Gasteiger partial charge on any atom is -0.350 e. The van der Waals surface area contributed by atoms with Crippen LogP contribution < -0.4 is 0 Å². The second-order valence-electron chi connectivity index (χ2n) is 6.60. The van der Waals surface area contributed by atoms with Gasteiger partial charge in [-0.05, 0) is 36.5 Å². The van der Waals surface area contributed by atoms with Gasteiger partial charge in [0, 0.05) is 19.0 Å². The van der Waals surface area contributed by atoms with Gasteiger partial charge in [0.15, 0.2) is 6.29 Å². The molecule has 2 fully saturated rings. The third-order valence-corrected chi connectivity index (χ3v) is 6.52. The zero-order chi connectivity index (χ0) is 16.4. The predicted octanol–water partition coefficient (Wildman–Crippen LogP) is 2.58. The molecule has 2 aliphatic heterocycles. The number of piperidine rings is 1. The number of ether oxygens (including phenoxy) is 2. The molecule has 0 N–H and O–H groups in total. The van der Waals surface area contributed by atoms with Gasteiger partial charge in [-0.15, -0.1) is 0 Å². The Morgan fingerprint density at radius 2 is 1.78 bits per heavy atom. The van der Waals surface area contributed by atoms with Crippen LogP contribution in [0.3, 0.4) is 0 Å². The predicted molar refractivity (Wildman–Crippen MR) is 87.7 cm³/mol. The largest absolute Gasteiger partial charge is 0.350 e. The van der Waals surface area contributed by atoms with Gasteiger partial charge in [-0.3, -0.25) is 0 Å². The molecule has 2 saturated heterocycles. The molecule has 0 aromatic heterocycles. The van der Waals surface area contributed by atoms with Crippen molar-refractivity contribution in [1.29, 1.82) is 0 Å². The highest BCUT2D eigenvalue weighted by Gasteiger charge is 2.36. The molecule has 0 unspecified atom stereocenters. The molecule has 2 aliphatic rings. The molecule has 3 rings (SSSR count). The molecule has 1 aromatic carbocycles. The molecular formula is C17H25NO4S. The molecular weight excluding hydrogens is 314 g/mol. The lowest BCUT2D eigenvalue weighted by Crippen LogP contribution is -2.43. The lowest BCUT2D eigenvalue weighted by Gasteiger charge is -2.33. The molecule has 0 aliphatic carbocycles. The summed E-state index contributed by atoms with van der Waals surface area (Å²) in [5.74, 6) is 0.513. The summed E-state index contributed by atoms with van der Waals surface area (Å²) in [6, 6.07) is 7.25. The second-order valence-corrected chi connectivity index (χ2v) is 8.54. The molecule has 0 bridgehead atoms. The Morgan fingerprint density at radius 1 is 1.13 bits per heavy atom. The fourth-order valence-corrected chi connectivity index (χ4v) is 4.77. The quantitative estimate of drug-likeness (QED) is 0.846. The topological polar surface area (TPSA) is 55.8 Å². The summed E-state index contributed by atoms with van der Waals surface area (Å²) in [7, 11) is -3.44. The van der Waals surface area contributed by atoms with Gasteiger partial charge in [-0.2, -0.15) is 4.31 Å². The fraction of sp³-hybridized carbons (Fsp3) is 0.647. The lowest BCUT2D eigenvalue weighted by molar-refractivity contribution is -0.0940. The van der Waals surface area contributed by atoms with Crippen molar-refractivity contribution >= 4 is 10.0 Å². The second kappa shape index (κ2) is 6.89. The van der Waals surface area contributed by atoms with Gasteiger partial charge in [0.2, 0.25) is 10.0 Å². The maximum Gasteiger partial charge on any atom is 0.243 e. The highest BCUT2D eigenvalue weighted by atomic mass is 32.2. The Hall–Kier alpha value is -0.950. The minimum absolute atomic E-state index is 0.121. The SMILES string of the molecule is CC(C)c1ccc(S(=O)(=O)N2CCC[C@@H](C3OCCO3)C2)cc1. The van der Waals surface area contributed by atoms with E-state index >= 15 is 0 Å². The van der Waals surface area contributed by atoms with Gasteiger partial charge in [-0.25, -0.2) is 8.42 Å². The van der Waals surface area contributed by atoms with E-state index in [1.54, 1.807) is 16.4 Å². The summed E-state index contributed by atoms with van der Waals surface area (Å²) in [4.78, 5) is 0.371. The highest BCUT2D eigenvalue weighted by molar-refractivity contribution is 7.89. The molecule has 1 aromatic rings. The summed E-state index contributed by atoms with van der Waals surface area (Å²) < 4.78 is 38.4. The van der Waals surface area contributed by atoms with Crippen LogP contribution in [0.1, 0.15) is 38.2 Å². The van der Waals surface area contributed by atoms with E-state index in [4.69, 9.17) is 9.47 Å². The highest BCUT2D eigenvalue weighted by Crippen LogP contribution is 2.29. The molecule has 128 valence electrons. The first-order valence-corrected chi connectivity index (χ1v) is 9.76. The minimum atomic E-state index is -3.44. The molecule has 5 nitrogen and oxygen atoms in total. The van der Waals surface area contributed by atoms with Crippen molar-refractivity contribution in [3.05, 3.63) is 29.8 Å².